The normalized spacial score (nSPS) is 33.1. The van der Waals surface area contributed by atoms with Crippen molar-refractivity contribution in [3.63, 3.8) is 0 Å². The Morgan fingerprint density at radius 2 is 2.04 bits per heavy atom. The number of piperidine rings is 1. The number of fused-ring (bicyclic) bond motifs is 1. The third kappa shape index (κ3) is 2.92. The number of para-hydroxylation sites is 1. The van der Waals surface area contributed by atoms with Crippen LogP contribution in [0.25, 0.3) is 0 Å². The number of hydrogen-bond acceptors (Lipinski definition) is 3. The van der Waals surface area contributed by atoms with E-state index in [1.54, 1.807) is 0 Å². The van der Waals surface area contributed by atoms with Gasteiger partial charge in [0.1, 0.15) is 0 Å². The quantitative estimate of drug-likeness (QED) is 0.897. The molecule has 4 nitrogen and oxygen atoms in total. The molecule has 2 aliphatic heterocycles. The van der Waals surface area contributed by atoms with Gasteiger partial charge in [0.15, 0.2) is 0 Å². The SMILES string of the molecule is O=C(NC1CCCN(c2ccccc2)C1)[C@@]12CCCC[C@H]1CNC2. The highest BCUT2D eigenvalue weighted by atomic mass is 16.2. The number of carbonyl (C=O) groups is 1. The van der Waals surface area contributed by atoms with E-state index in [1.807, 2.05) is 0 Å². The minimum atomic E-state index is -0.132. The van der Waals surface area contributed by atoms with Crippen LogP contribution in [0.1, 0.15) is 38.5 Å². The summed E-state index contributed by atoms with van der Waals surface area (Å²) in [6.45, 7) is 3.92. The molecule has 3 atom stereocenters. The van der Waals surface area contributed by atoms with E-state index in [2.05, 4.69) is 45.9 Å². The maximum atomic E-state index is 13.1. The molecule has 4 rings (SSSR count). The summed E-state index contributed by atoms with van der Waals surface area (Å²) in [5.41, 5.74) is 1.14. The summed E-state index contributed by atoms with van der Waals surface area (Å²) in [5.74, 6) is 0.858. The second-order valence-electron chi connectivity index (χ2n) is 7.82. The topological polar surface area (TPSA) is 44.4 Å². The summed E-state index contributed by atoms with van der Waals surface area (Å²) >= 11 is 0. The molecule has 3 fully saturated rings. The number of amides is 1. The van der Waals surface area contributed by atoms with E-state index < -0.39 is 0 Å². The average Bonchev–Trinajstić information content (AvgIpc) is 3.08. The van der Waals surface area contributed by atoms with Gasteiger partial charge >= 0.3 is 0 Å². The lowest BCUT2D eigenvalue weighted by molar-refractivity contribution is -0.134. The molecule has 1 aromatic carbocycles. The van der Waals surface area contributed by atoms with Gasteiger partial charge in [-0.1, -0.05) is 31.0 Å². The van der Waals surface area contributed by atoms with Gasteiger partial charge < -0.3 is 15.5 Å². The minimum absolute atomic E-state index is 0.132. The summed E-state index contributed by atoms with van der Waals surface area (Å²) in [6, 6.07) is 10.9. The van der Waals surface area contributed by atoms with Gasteiger partial charge in [0.25, 0.3) is 0 Å². The fourth-order valence-electron chi connectivity index (χ4n) is 4.99. The van der Waals surface area contributed by atoms with Crippen molar-refractivity contribution in [1.82, 2.24) is 10.6 Å². The number of carbonyl (C=O) groups excluding carboxylic acids is 1. The Bertz CT molecular complexity index is 576. The van der Waals surface area contributed by atoms with Crippen molar-refractivity contribution < 1.29 is 4.79 Å². The number of hydrogen-bond donors (Lipinski definition) is 2. The second kappa shape index (κ2) is 6.75. The smallest absolute Gasteiger partial charge is 0.228 e. The van der Waals surface area contributed by atoms with Crippen LogP contribution in [0.15, 0.2) is 30.3 Å². The first-order valence-electron chi connectivity index (χ1n) is 9.60. The van der Waals surface area contributed by atoms with Crippen molar-refractivity contribution >= 4 is 11.6 Å². The molecule has 0 bridgehead atoms. The lowest BCUT2D eigenvalue weighted by atomic mass is 9.67. The van der Waals surface area contributed by atoms with E-state index in [0.29, 0.717) is 11.8 Å². The largest absolute Gasteiger partial charge is 0.369 e. The van der Waals surface area contributed by atoms with Crippen LogP contribution in [0, 0.1) is 11.3 Å². The van der Waals surface area contributed by atoms with E-state index in [4.69, 9.17) is 0 Å². The molecule has 2 N–H and O–H groups in total. The third-order valence-corrected chi connectivity index (χ3v) is 6.37. The number of benzene rings is 1. The number of nitrogens with one attached hydrogen (secondary N) is 2. The predicted molar refractivity (Wildman–Crippen MR) is 97.1 cm³/mol. The Hall–Kier alpha value is -1.55. The maximum Gasteiger partial charge on any atom is 0.228 e. The second-order valence-corrected chi connectivity index (χ2v) is 7.82. The summed E-state index contributed by atoms with van der Waals surface area (Å²) < 4.78 is 0. The molecule has 1 saturated carbocycles. The van der Waals surface area contributed by atoms with E-state index in [1.165, 1.54) is 24.9 Å². The fraction of sp³-hybridized carbons (Fsp3) is 0.650. The zero-order valence-electron chi connectivity index (χ0n) is 14.5. The summed E-state index contributed by atoms with van der Waals surface area (Å²) in [4.78, 5) is 15.6. The van der Waals surface area contributed by atoms with Crippen LogP contribution < -0.4 is 15.5 Å². The van der Waals surface area contributed by atoms with Crippen molar-refractivity contribution in [2.24, 2.45) is 11.3 Å². The van der Waals surface area contributed by atoms with Gasteiger partial charge in [0.05, 0.1) is 5.41 Å². The molecule has 4 heteroatoms. The standard InChI is InChI=1S/C20H29N3O/c24-19(20-11-5-4-7-16(20)13-21-15-20)22-17-8-6-12-23(14-17)18-9-2-1-3-10-18/h1-3,9-10,16-17,21H,4-8,11-15H2,(H,22,24)/t16-,17?,20+/m0/s1. The lowest BCUT2D eigenvalue weighted by Crippen LogP contribution is -2.54. The third-order valence-electron chi connectivity index (χ3n) is 6.37. The van der Waals surface area contributed by atoms with Crippen molar-refractivity contribution in [3.8, 4) is 0 Å². The van der Waals surface area contributed by atoms with Gasteiger partial charge in [-0.25, -0.2) is 0 Å². The van der Waals surface area contributed by atoms with E-state index >= 15 is 0 Å². The molecule has 1 amide bonds. The molecule has 2 heterocycles. The Labute approximate surface area is 145 Å². The van der Waals surface area contributed by atoms with Crippen molar-refractivity contribution in [1.29, 1.82) is 0 Å². The van der Waals surface area contributed by atoms with Crippen LogP contribution in [0.4, 0.5) is 5.69 Å². The average molecular weight is 327 g/mol. The molecule has 3 aliphatic rings. The molecule has 2 saturated heterocycles. The molecule has 130 valence electrons. The fourth-order valence-corrected chi connectivity index (χ4v) is 4.99. The van der Waals surface area contributed by atoms with E-state index in [0.717, 1.165) is 45.4 Å². The summed E-state index contributed by atoms with van der Waals surface area (Å²) in [7, 11) is 0. The highest BCUT2D eigenvalue weighted by Crippen LogP contribution is 2.44. The maximum absolute atomic E-state index is 13.1. The first kappa shape index (κ1) is 15.9. The Morgan fingerprint density at radius 1 is 1.17 bits per heavy atom. The van der Waals surface area contributed by atoms with Gasteiger partial charge in [0, 0.05) is 31.4 Å². The van der Waals surface area contributed by atoms with E-state index in [9.17, 15) is 4.79 Å². The van der Waals surface area contributed by atoms with Crippen LogP contribution in [-0.2, 0) is 4.79 Å². The molecular formula is C20H29N3O. The van der Waals surface area contributed by atoms with Crippen LogP contribution in [0.5, 0.6) is 0 Å². The molecule has 0 aromatic heterocycles. The van der Waals surface area contributed by atoms with Crippen LogP contribution in [0.3, 0.4) is 0 Å². The molecular weight excluding hydrogens is 298 g/mol. The van der Waals surface area contributed by atoms with Gasteiger partial charge in [0.2, 0.25) is 5.91 Å². The number of nitrogens with zero attached hydrogens (tertiary/aromatic N) is 1. The van der Waals surface area contributed by atoms with Crippen LogP contribution in [-0.4, -0.2) is 38.1 Å². The lowest BCUT2D eigenvalue weighted by Gasteiger charge is -2.40. The number of anilines is 1. The summed E-state index contributed by atoms with van der Waals surface area (Å²) in [6.07, 6.45) is 7.00. The molecule has 1 aromatic rings. The Balaban J connectivity index is 1.42. The van der Waals surface area contributed by atoms with Crippen molar-refractivity contribution in [2.45, 2.75) is 44.6 Å². The van der Waals surface area contributed by atoms with Gasteiger partial charge in [-0.15, -0.1) is 0 Å². The monoisotopic (exact) mass is 327 g/mol. The van der Waals surface area contributed by atoms with Gasteiger partial charge in [-0.3, -0.25) is 4.79 Å². The zero-order chi connectivity index (χ0) is 16.4. The molecule has 0 radical (unpaired) electrons. The molecule has 1 unspecified atom stereocenters. The highest BCUT2D eigenvalue weighted by Gasteiger charge is 2.50. The van der Waals surface area contributed by atoms with Crippen LogP contribution >= 0.6 is 0 Å². The molecule has 0 spiro atoms. The molecule has 1 aliphatic carbocycles. The Morgan fingerprint density at radius 3 is 2.92 bits per heavy atom. The molecule has 24 heavy (non-hydrogen) atoms. The first-order valence-corrected chi connectivity index (χ1v) is 9.60. The summed E-state index contributed by atoms with van der Waals surface area (Å²) in [5, 5.41) is 6.92. The van der Waals surface area contributed by atoms with Gasteiger partial charge in [-0.2, -0.15) is 0 Å². The van der Waals surface area contributed by atoms with Gasteiger partial charge in [-0.05, 0) is 50.3 Å². The van der Waals surface area contributed by atoms with Crippen LogP contribution in [0.2, 0.25) is 0 Å². The number of rotatable bonds is 3. The minimum Gasteiger partial charge on any atom is -0.369 e. The Kier molecular flexibility index (Phi) is 4.49. The zero-order valence-corrected chi connectivity index (χ0v) is 14.5. The first-order chi connectivity index (χ1) is 11.8. The predicted octanol–water partition coefficient (Wildman–Crippen LogP) is 2.55. The van der Waals surface area contributed by atoms with Crippen molar-refractivity contribution in [3.05, 3.63) is 30.3 Å². The van der Waals surface area contributed by atoms with Crippen molar-refractivity contribution in [2.75, 3.05) is 31.1 Å². The highest BCUT2D eigenvalue weighted by molar-refractivity contribution is 5.84. The van der Waals surface area contributed by atoms with E-state index in [-0.39, 0.29) is 11.5 Å².